The number of piperidine rings is 1. The molecule has 2 aliphatic rings. The maximum absolute atomic E-state index is 12.8. The first-order valence-corrected chi connectivity index (χ1v) is 16.9. The normalized spacial score (nSPS) is 17.2. The quantitative estimate of drug-likeness (QED) is 0.206. The summed E-state index contributed by atoms with van der Waals surface area (Å²) in [5.74, 6) is 0.421. The number of methoxy groups -OCH3 is 1. The number of hydrogen-bond donors (Lipinski definition) is 1. The molecule has 3 aromatic rings. The summed E-state index contributed by atoms with van der Waals surface area (Å²) in [5, 5.41) is 11.2. The summed E-state index contributed by atoms with van der Waals surface area (Å²) in [7, 11) is 1.63. The Morgan fingerprint density at radius 1 is 1.00 bits per heavy atom. The fourth-order valence-electron chi connectivity index (χ4n) is 6.41. The average Bonchev–Trinajstić information content (AvgIpc) is 2.98. The predicted molar refractivity (Wildman–Crippen MR) is 181 cm³/mol. The van der Waals surface area contributed by atoms with Gasteiger partial charge in [0.25, 0.3) is 0 Å². The number of carboxylic acid groups (broad SMARTS) is 1. The second-order valence-corrected chi connectivity index (χ2v) is 14.7. The fourth-order valence-corrected chi connectivity index (χ4v) is 6.78. The molecule has 242 valence electrons. The van der Waals surface area contributed by atoms with Crippen LogP contribution in [-0.4, -0.2) is 64.6 Å². The van der Waals surface area contributed by atoms with Crippen molar-refractivity contribution >= 4 is 29.2 Å². The third-order valence-electron chi connectivity index (χ3n) is 8.86. The van der Waals surface area contributed by atoms with Gasteiger partial charge in [-0.15, -0.1) is 0 Å². The van der Waals surface area contributed by atoms with E-state index in [4.69, 9.17) is 19.4 Å². The number of ether oxygens (including phenoxy) is 2. The maximum atomic E-state index is 12.8. The summed E-state index contributed by atoms with van der Waals surface area (Å²) in [5.41, 5.74) is 7.36. The number of aliphatic carboxylic acids is 1. The molecule has 0 spiro atoms. The van der Waals surface area contributed by atoms with Gasteiger partial charge in [-0.05, 0) is 82.2 Å². The number of fused-ring (bicyclic) bond motifs is 1. The van der Waals surface area contributed by atoms with Crippen LogP contribution in [-0.2, 0) is 22.5 Å². The maximum Gasteiger partial charge on any atom is 0.337 e. The molecule has 1 atom stereocenters. The molecule has 2 aliphatic heterocycles. The van der Waals surface area contributed by atoms with Crippen molar-refractivity contribution in [2.75, 3.05) is 42.8 Å². The first-order valence-electron chi connectivity index (χ1n) is 15.7. The first kappa shape index (κ1) is 33.0. The Labute approximate surface area is 271 Å². The highest BCUT2D eigenvalue weighted by Gasteiger charge is 2.36. The third-order valence-corrected chi connectivity index (χ3v) is 9.41. The molecular weight excluding hydrogens is 586 g/mol. The van der Waals surface area contributed by atoms with Crippen LogP contribution < -0.4 is 14.5 Å². The number of pyridine rings is 1. The minimum atomic E-state index is -1.14. The van der Waals surface area contributed by atoms with E-state index in [0.717, 1.165) is 73.8 Å². The zero-order valence-electron chi connectivity index (χ0n) is 28.2. The molecule has 0 amide bonds. The van der Waals surface area contributed by atoms with Crippen molar-refractivity contribution in [3.63, 3.8) is 0 Å². The van der Waals surface area contributed by atoms with Crippen LogP contribution in [0.15, 0.2) is 29.4 Å². The lowest BCUT2D eigenvalue weighted by atomic mass is 9.81. The summed E-state index contributed by atoms with van der Waals surface area (Å²) < 4.78 is 11.7. The number of thioether (sulfide) groups is 1. The summed E-state index contributed by atoms with van der Waals surface area (Å²) >= 11 is 1.50. The van der Waals surface area contributed by atoms with E-state index in [1.165, 1.54) is 22.9 Å². The molecule has 0 unspecified atom stereocenters. The molecule has 0 saturated carbocycles. The number of hydrogen-bond acceptors (Lipinski definition) is 9. The van der Waals surface area contributed by atoms with E-state index in [1.54, 1.807) is 7.11 Å². The molecule has 9 nitrogen and oxygen atoms in total. The second kappa shape index (κ2) is 12.8. The summed E-state index contributed by atoms with van der Waals surface area (Å²) in [6.07, 6.45) is 3.73. The molecule has 1 N–H and O–H groups in total. The van der Waals surface area contributed by atoms with Crippen molar-refractivity contribution < 1.29 is 19.4 Å². The number of benzene rings is 1. The van der Waals surface area contributed by atoms with Crippen LogP contribution in [0.5, 0.6) is 5.88 Å². The van der Waals surface area contributed by atoms with Crippen molar-refractivity contribution in [2.45, 2.75) is 91.1 Å². The van der Waals surface area contributed by atoms with Crippen molar-refractivity contribution in [1.29, 1.82) is 0 Å². The van der Waals surface area contributed by atoms with Gasteiger partial charge in [-0.1, -0.05) is 43.8 Å². The minimum absolute atomic E-state index is 0.240. The van der Waals surface area contributed by atoms with E-state index in [1.807, 2.05) is 46.9 Å². The molecule has 0 radical (unpaired) electrons. The Hall–Kier alpha value is -3.37. The molecule has 10 heteroatoms. The Kier molecular flexibility index (Phi) is 9.38. The summed E-state index contributed by atoms with van der Waals surface area (Å²) in [6.45, 7) is 17.5. The number of carboxylic acids is 1. The van der Waals surface area contributed by atoms with Crippen LogP contribution in [0.2, 0.25) is 0 Å². The first-order chi connectivity index (χ1) is 21.2. The smallest absolute Gasteiger partial charge is 0.337 e. The van der Waals surface area contributed by atoms with E-state index in [9.17, 15) is 9.90 Å². The molecule has 4 heterocycles. The standard InChI is InChI=1S/C35H47N5O4S/c1-21-28(24-10-11-25-20-40(15-12-23(25)18-24)26-19-27(43-8)38-33(37-26)45-9)30(39-16-13-35(6,7)14-17-39)29(22(2)36-21)31(32(41)42)44-34(3,4)5/h10-11,18-19,31H,12-17,20H2,1-9H3,(H,41,42)/t31-/m0/s1. The van der Waals surface area contributed by atoms with Gasteiger partial charge in [-0.2, -0.15) is 4.98 Å². The van der Waals surface area contributed by atoms with E-state index in [-0.39, 0.29) is 5.41 Å². The molecule has 1 saturated heterocycles. The highest BCUT2D eigenvalue weighted by Crippen LogP contribution is 2.45. The number of anilines is 2. The largest absolute Gasteiger partial charge is 0.481 e. The lowest BCUT2D eigenvalue weighted by Gasteiger charge is -2.41. The van der Waals surface area contributed by atoms with Gasteiger partial charge >= 0.3 is 5.97 Å². The van der Waals surface area contributed by atoms with Gasteiger partial charge in [-0.3, -0.25) is 4.98 Å². The molecule has 0 aliphatic carbocycles. The van der Waals surface area contributed by atoms with Gasteiger partial charge in [0.2, 0.25) is 5.88 Å². The van der Waals surface area contributed by atoms with Gasteiger partial charge in [0, 0.05) is 54.8 Å². The second-order valence-electron chi connectivity index (χ2n) is 13.9. The summed E-state index contributed by atoms with van der Waals surface area (Å²) in [6, 6.07) is 8.54. The summed E-state index contributed by atoms with van der Waals surface area (Å²) in [4.78, 5) is 31.6. The minimum Gasteiger partial charge on any atom is -0.481 e. The van der Waals surface area contributed by atoms with Crippen LogP contribution in [0.1, 0.15) is 81.6 Å². The van der Waals surface area contributed by atoms with E-state index in [2.05, 4.69) is 46.8 Å². The average molecular weight is 634 g/mol. The monoisotopic (exact) mass is 633 g/mol. The Morgan fingerprint density at radius 2 is 1.71 bits per heavy atom. The van der Waals surface area contributed by atoms with Crippen LogP contribution in [0.3, 0.4) is 0 Å². The molecule has 5 rings (SSSR count). The highest BCUT2D eigenvalue weighted by atomic mass is 32.2. The number of aryl methyl sites for hydroxylation is 2. The Bertz CT molecular complexity index is 1550. The van der Waals surface area contributed by atoms with Gasteiger partial charge in [0.15, 0.2) is 11.3 Å². The number of aromatic nitrogens is 3. The fraction of sp³-hybridized carbons (Fsp3) is 0.543. The van der Waals surface area contributed by atoms with Crippen LogP contribution >= 0.6 is 11.8 Å². The Morgan fingerprint density at radius 3 is 2.33 bits per heavy atom. The van der Waals surface area contributed by atoms with Crippen LogP contribution in [0.25, 0.3) is 11.1 Å². The molecule has 45 heavy (non-hydrogen) atoms. The van der Waals surface area contributed by atoms with E-state index in [0.29, 0.717) is 22.3 Å². The topological polar surface area (TPSA) is 101 Å². The lowest BCUT2D eigenvalue weighted by molar-refractivity contribution is -0.160. The number of nitrogens with zero attached hydrogens (tertiary/aromatic N) is 5. The predicted octanol–water partition coefficient (Wildman–Crippen LogP) is 7.02. The van der Waals surface area contributed by atoms with Crippen LogP contribution in [0.4, 0.5) is 11.5 Å². The van der Waals surface area contributed by atoms with E-state index >= 15 is 0 Å². The lowest BCUT2D eigenvalue weighted by Crippen LogP contribution is -2.39. The highest BCUT2D eigenvalue weighted by molar-refractivity contribution is 7.98. The van der Waals surface area contributed by atoms with Gasteiger partial charge in [0.1, 0.15) is 5.82 Å². The van der Waals surface area contributed by atoms with Crippen molar-refractivity contribution in [2.24, 2.45) is 5.41 Å². The third kappa shape index (κ3) is 7.22. The SMILES string of the molecule is COc1cc(N2CCc3cc(-c4c(C)nc(C)c([C@H](OC(C)(C)C)C(=O)O)c4N4CCC(C)(C)CC4)ccc3C2)nc(SC)n1. The zero-order chi connectivity index (χ0) is 32.7. The Balaban J connectivity index is 1.60. The molecule has 1 fully saturated rings. The number of rotatable bonds is 8. The van der Waals surface area contributed by atoms with Gasteiger partial charge < -0.3 is 24.4 Å². The number of carbonyl (C=O) groups is 1. The van der Waals surface area contributed by atoms with Gasteiger partial charge in [0.05, 0.1) is 18.4 Å². The molecular formula is C35H47N5O4S. The van der Waals surface area contributed by atoms with Crippen molar-refractivity contribution in [3.8, 4) is 17.0 Å². The van der Waals surface area contributed by atoms with Crippen LogP contribution in [0, 0.1) is 19.3 Å². The van der Waals surface area contributed by atoms with Gasteiger partial charge in [-0.25, -0.2) is 9.78 Å². The zero-order valence-corrected chi connectivity index (χ0v) is 29.0. The molecule has 0 bridgehead atoms. The van der Waals surface area contributed by atoms with Crippen molar-refractivity contribution in [3.05, 3.63) is 52.3 Å². The molecule has 2 aromatic heterocycles. The molecule has 1 aromatic carbocycles. The van der Waals surface area contributed by atoms with E-state index < -0.39 is 17.7 Å². The van der Waals surface area contributed by atoms with Crippen molar-refractivity contribution in [1.82, 2.24) is 15.0 Å².